The van der Waals surface area contributed by atoms with Crippen LogP contribution in [-0.2, 0) is 33.7 Å². The van der Waals surface area contributed by atoms with Crippen LogP contribution in [0.25, 0.3) is 11.5 Å². The van der Waals surface area contributed by atoms with Gasteiger partial charge in [-0.05, 0) is 83.4 Å². The van der Waals surface area contributed by atoms with Gasteiger partial charge in [0.25, 0.3) is 0 Å². The quantitative estimate of drug-likeness (QED) is 0.300. The number of esters is 1. The number of nitrogens with zero attached hydrogens (tertiary/aromatic N) is 1. The van der Waals surface area contributed by atoms with E-state index >= 15 is 0 Å². The van der Waals surface area contributed by atoms with E-state index in [0.29, 0.717) is 31.1 Å². The molecule has 0 aliphatic heterocycles. The second-order valence-corrected chi connectivity index (χ2v) is 10.4. The van der Waals surface area contributed by atoms with Crippen LogP contribution in [0.3, 0.4) is 0 Å². The molecule has 38 heavy (non-hydrogen) atoms. The number of nitrogens with one attached hydrogen (secondary N) is 1. The molecule has 0 unspecified atom stereocenters. The van der Waals surface area contributed by atoms with E-state index in [0.717, 1.165) is 28.1 Å². The van der Waals surface area contributed by atoms with Crippen molar-refractivity contribution in [2.24, 2.45) is 0 Å². The summed E-state index contributed by atoms with van der Waals surface area (Å²) in [5, 5.41) is 2.71. The molecule has 1 heterocycles. The average molecular weight is 523 g/mol. The summed E-state index contributed by atoms with van der Waals surface area (Å²) >= 11 is 0. The van der Waals surface area contributed by atoms with Gasteiger partial charge in [-0.3, -0.25) is 4.79 Å². The number of rotatable bonds is 11. The Kier molecular flexibility index (Phi) is 9.93. The lowest BCUT2D eigenvalue weighted by Gasteiger charge is -2.20. The SMILES string of the molecule is Cc1oc(-c2ccccc2)nc1CCOc1ccc(CCC(=O)OC(C)(C)C)c(COC(=O)NC(C)C)c1. The van der Waals surface area contributed by atoms with E-state index in [1.165, 1.54) is 0 Å². The van der Waals surface area contributed by atoms with Crippen molar-refractivity contribution < 1.29 is 28.2 Å². The summed E-state index contributed by atoms with van der Waals surface area (Å²) in [7, 11) is 0. The first-order valence-corrected chi connectivity index (χ1v) is 12.9. The Labute approximate surface area is 224 Å². The summed E-state index contributed by atoms with van der Waals surface area (Å²) in [5.41, 5.74) is 2.89. The van der Waals surface area contributed by atoms with Crippen molar-refractivity contribution in [1.82, 2.24) is 10.3 Å². The monoisotopic (exact) mass is 522 g/mol. The molecule has 1 amide bonds. The van der Waals surface area contributed by atoms with E-state index in [2.05, 4.69) is 10.3 Å². The van der Waals surface area contributed by atoms with Gasteiger partial charge in [0.2, 0.25) is 5.89 Å². The highest BCUT2D eigenvalue weighted by Gasteiger charge is 2.17. The van der Waals surface area contributed by atoms with Crippen LogP contribution in [0.5, 0.6) is 5.75 Å². The molecule has 1 N–H and O–H groups in total. The van der Waals surface area contributed by atoms with Crippen molar-refractivity contribution in [2.45, 2.75) is 79.1 Å². The molecule has 0 radical (unpaired) electrons. The van der Waals surface area contributed by atoms with Gasteiger partial charge in [-0.2, -0.15) is 0 Å². The Hall–Kier alpha value is -3.81. The van der Waals surface area contributed by atoms with Crippen LogP contribution in [-0.4, -0.2) is 35.3 Å². The molecule has 8 nitrogen and oxygen atoms in total. The lowest BCUT2D eigenvalue weighted by molar-refractivity contribution is -0.154. The predicted molar refractivity (Wildman–Crippen MR) is 145 cm³/mol. The Bertz CT molecular complexity index is 1210. The molecular formula is C30H38N2O6. The summed E-state index contributed by atoms with van der Waals surface area (Å²) in [6.45, 7) is 11.6. The third-order valence-corrected chi connectivity index (χ3v) is 5.48. The van der Waals surface area contributed by atoms with Gasteiger partial charge in [-0.1, -0.05) is 24.3 Å². The molecule has 204 valence electrons. The van der Waals surface area contributed by atoms with E-state index in [1.54, 1.807) is 0 Å². The standard InChI is InChI=1S/C30H38N2O6/c1-20(2)31-29(34)36-19-24-18-25(14-12-22(24)13-15-27(33)38-30(4,5)6)35-17-16-26-21(3)37-28(32-26)23-10-8-7-9-11-23/h7-12,14,18,20H,13,15-17,19H2,1-6H3,(H,31,34). The van der Waals surface area contributed by atoms with Gasteiger partial charge in [0.15, 0.2) is 0 Å². The zero-order chi connectivity index (χ0) is 27.7. The molecule has 1 aromatic heterocycles. The normalized spacial score (nSPS) is 11.3. The van der Waals surface area contributed by atoms with E-state index < -0.39 is 11.7 Å². The van der Waals surface area contributed by atoms with Crippen LogP contribution in [0.4, 0.5) is 4.79 Å². The van der Waals surface area contributed by atoms with Crippen molar-refractivity contribution in [3.63, 3.8) is 0 Å². The Morgan fingerprint density at radius 3 is 2.45 bits per heavy atom. The third kappa shape index (κ3) is 9.25. The topological polar surface area (TPSA) is 99.9 Å². The number of amides is 1. The fourth-order valence-corrected chi connectivity index (χ4v) is 3.75. The minimum Gasteiger partial charge on any atom is -0.493 e. The minimum atomic E-state index is -0.542. The molecule has 0 atom stereocenters. The molecule has 0 aliphatic rings. The summed E-state index contributed by atoms with van der Waals surface area (Å²) in [5.74, 6) is 1.71. The molecule has 0 spiro atoms. The van der Waals surface area contributed by atoms with Crippen LogP contribution < -0.4 is 10.1 Å². The second-order valence-electron chi connectivity index (χ2n) is 10.4. The molecule has 0 bridgehead atoms. The number of hydrogen-bond acceptors (Lipinski definition) is 7. The number of hydrogen-bond donors (Lipinski definition) is 1. The zero-order valence-electron chi connectivity index (χ0n) is 23.1. The van der Waals surface area contributed by atoms with Gasteiger partial charge < -0.3 is 23.9 Å². The number of carbonyl (C=O) groups excluding carboxylic acids is 2. The Balaban J connectivity index is 1.65. The maximum Gasteiger partial charge on any atom is 0.407 e. The van der Waals surface area contributed by atoms with Crippen molar-refractivity contribution >= 4 is 12.1 Å². The number of aromatic nitrogens is 1. The maximum absolute atomic E-state index is 12.2. The second kappa shape index (κ2) is 13.1. The predicted octanol–water partition coefficient (Wildman–Crippen LogP) is 6.18. The van der Waals surface area contributed by atoms with Crippen LogP contribution in [0, 0.1) is 6.92 Å². The number of alkyl carbamates (subject to hydrolysis) is 1. The van der Waals surface area contributed by atoms with Gasteiger partial charge in [-0.25, -0.2) is 9.78 Å². The Morgan fingerprint density at radius 1 is 1.03 bits per heavy atom. The first-order valence-electron chi connectivity index (χ1n) is 12.9. The van der Waals surface area contributed by atoms with Gasteiger partial charge in [0, 0.05) is 24.4 Å². The van der Waals surface area contributed by atoms with E-state index in [-0.39, 0.29) is 25.0 Å². The van der Waals surface area contributed by atoms with Gasteiger partial charge in [0.05, 0.1) is 12.3 Å². The zero-order valence-corrected chi connectivity index (χ0v) is 23.1. The first-order chi connectivity index (χ1) is 18.0. The highest BCUT2D eigenvalue weighted by Crippen LogP contribution is 2.24. The number of aryl methyl sites for hydroxylation is 2. The molecular weight excluding hydrogens is 484 g/mol. The molecule has 3 rings (SSSR count). The molecule has 0 saturated carbocycles. The number of ether oxygens (including phenoxy) is 3. The number of oxazole rings is 1. The Morgan fingerprint density at radius 2 is 1.76 bits per heavy atom. The van der Waals surface area contributed by atoms with Crippen molar-refractivity contribution in [3.8, 4) is 17.2 Å². The number of benzene rings is 2. The molecule has 8 heteroatoms. The minimum absolute atomic E-state index is 0.0359. The van der Waals surface area contributed by atoms with Crippen molar-refractivity contribution in [3.05, 3.63) is 71.1 Å². The van der Waals surface area contributed by atoms with Gasteiger partial charge in [0.1, 0.15) is 23.7 Å². The third-order valence-electron chi connectivity index (χ3n) is 5.48. The summed E-state index contributed by atoms with van der Waals surface area (Å²) in [6.07, 6.45) is 0.753. The van der Waals surface area contributed by atoms with Crippen LogP contribution in [0.2, 0.25) is 0 Å². The first kappa shape index (κ1) is 28.8. The maximum atomic E-state index is 12.2. The van der Waals surface area contributed by atoms with Crippen molar-refractivity contribution in [2.75, 3.05) is 6.61 Å². The fourth-order valence-electron chi connectivity index (χ4n) is 3.75. The highest BCUT2D eigenvalue weighted by molar-refractivity contribution is 5.70. The van der Waals surface area contributed by atoms with Crippen LogP contribution in [0.15, 0.2) is 52.9 Å². The number of carbonyl (C=O) groups is 2. The van der Waals surface area contributed by atoms with E-state index in [9.17, 15) is 9.59 Å². The summed E-state index contributed by atoms with van der Waals surface area (Å²) in [4.78, 5) is 28.9. The van der Waals surface area contributed by atoms with Crippen LogP contribution >= 0.6 is 0 Å². The van der Waals surface area contributed by atoms with Gasteiger partial charge in [-0.15, -0.1) is 0 Å². The summed E-state index contributed by atoms with van der Waals surface area (Å²) < 4.78 is 22.7. The molecule has 3 aromatic rings. The molecule has 0 aliphatic carbocycles. The molecule has 0 fully saturated rings. The van der Waals surface area contributed by atoms with Crippen molar-refractivity contribution in [1.29, 1.82) is 0 Å². The molecule has 2 aromatic carbocycles. The largest absolute Gasteiger partial charge is 0.493 e. The van der Waals surface area contributed by atoms with E-state index in [4.69, 9.17) is 18.6 Å². The fraction of sp³-hybridized carbons (Fsp3) is 0.433. The molecule has 0 saturated heterocycles. The highest BCUT2D eigenvalue weighted by atomic mass is 16.6. The lowest BCUT2D eigenvalue weighted by Crippen LogP contribution is -2.30. The van der Waals surface area contributed by atoms with Gasteiger partial charge >= 0.3 is 12.1 Å². The van der Waals surface area contributed by atoms with E-state index in [1.807, 2.05) is 90.1 Å². The average Bonchev–Trinajstić information content (AvgIpc) is 3.21. The van der Waals surface area contributed by atoms with Crippen LogP contribution in [0.1, 0.15) is 63.6 Å². The smallest absolute Gasteiger partial charge is 0.407 e. The summed E-state index contributed by atoms with van der Waals surface area (Å²) in [6, 6.07) is 15.3. The lowest BCUT2D eigenvalue weighted by atomic mass is 10.0.